The molecular weight excluding hydrogens is 417 g/mol. The zero-order chi connectivity index (χ0) is 22.0. The number of carbonyl (C=O) groups is 2. The summed E-state index contributed by atoms with van der Waals surface area (Å²) in [6, 6.07) is 14.1. The number of carbonyl (C=O) groups excluding carboxylic acids is 2. The Hall–Kier alpha value is -2.44. The van der Waals surface area contributed by atoms with E-state index in [-0.39, 0.29) is 28.4 Å². The molecule has 2 heterocycles. The second-order valence-electron chi connectivity index (χ2n) is 8.41. The Balaban J connectivity index is 1.33. The van der Waals surface area contributed by atoms with Crippen LogP contribution in [-0.2, 0) is 4.79 Å². The number of benzene rings is 2. The number of rotatable bonds is 6. The fourth-order valence-electron chi connectivity index (χ4n) is 4.81. The Morgan fingerprint density at radius 1 is 1.06 bits per heavy atom. The number of nitrogens with one attached hydrogen (secondary N) is 1. The van der Waals surface area contributed by atoms with Gasteiger partial charge < -0.3 is 15.1 Å². The van der Waals surface area contributed by atoms with Gasteiger partial charge in [0.15, 0.2) is 0 Å². The zero-order valence-corrected chi connectivity index (χ0v) is 18.0. The van der Waals surface area contributed by atoms with E-state index >= 15 is 0 Å². The molecule has 3 atom stereocenters. The van der Waals surface area contributed by atoms with Gasteiger partial charge >= 0.3 is 0 Å². The van der Waals surface area contributed by atoms with Crippen molar-refractivity contribution in [1.82, 2.24) is 15.1 Å². The van der Waals surface area contributed by atoms with E-state index in [2.05, 4.69) is 17.1 Å². The predicted octanol–water partition coefficient (Wildman–Crippen LogP) is 3.56. The Morgan fingerprint density at radius 2 is 1.74 bits per heavy atom. The maximum atomic E-state index is 14.1. The quantitative estimate of drug-likeness (QED) is 0.744. The number of nitrogens with zero attached hydrogens (tertiary/aromatic N) is 2. The van der Waals surface area contributed by atoms with Crippen molar-refractivity contribution in [3.05, 3.63) is 77.4 Å². The van der Waals surface area contributed by atoms with E-state index in [1.54, 1.807) is 11.0 Å². The molecule has 1 radical (unpaired) electrons. The van der Waals surface area contributed by atoms with E-state index < -0.39 is 5.82 Å². The molecule has 2 fully saturated rings. The first-order chi connectivity index (χ1) is 14.9. The molecule has 0 spiro atoms. The second kappa shape index (κ2) is 9.37. The van der Waals surface area contributed by atoms with Crippen LogP contribution in [-0.4, -0.2) is 54.3 Å². The first-order valence-electron chi connectivity index (χ1n) is 10.6. The molecule has 0 bridgehead atoms. The van der Waals surface area contributed by atoms with Crippen LogP contribution in [0.4, 0.5) is 4.39 Å². The topological polar surface area (TPSA) is 52.7 Å². The van der Waals surface area contributed by atoms with Gasteiger partial charge in [0.05, 0.1) is 16.6 Å². The molecule has 2 amide bonds. The first kappa shape index (κ1) is 21.8. The van der Waals surface area contributed by atoms with Crippen LogP contribution in [0, 0.1) is 24.6 Å². The number of halogens is 2. The predicted molar refractivity (Wildman–Crippen MR) is 118 cm³/mol. The monoisotopic (exact) mass is 442 g/mol. The third-order valence-electron chi connectivity index (χ3n) is 6.30. The molecular formula is C24H26ClFN3O2. The standard InChI is InChI=1S/C24H26ClFN3O2/c1-16(30)27-22(17-6-3-2-4-7-17)10-11-28-12-18-14-29(15-19(18)13-28)24(31)23-20(25)8-5-9-21(23)26/h2-9,18-19,22H,1,10-15H2,(H,27,30)/t18?,19?,22-/m0/s1. The molecule has 2 aromatic rings. The number of hydrogen-bond donors (Lipinski definition) is 1. The van der Waals surface area contributed by atoms with Crippen LogP contribution in [0.3, 0.4) is 0 Å². The normalized spacial score (nSPS) is 21.7. The van der Waals surface area contributed by atoms with Crippen molar-refractivity contribution in [2.45, 2.75) is 12.5 Å². The van der Waals surface area contributed by atoms with Gasteiger partial charge in [-0.1, -0.05) is 48.0 Å². The molecule has 2 aliphatic rings. The minimum absolute atomic E-state index is 0.0318. The van der Waals surface area contributed by atoms with Gasteiger partial charge in [0, 0.05) is 39.6 Å². The summed E-state index contributed by atoms with van der Waals surface area (Å²) in [5, 5.41) is 3.10. The van der Waals surface area contributed by atoms with E-state index in [4.69, 9.17) is 11.6 Å². The lowest BCUT2D eigenvalue weighted by molar-refractivity contribution is -0.117. The van der Waals surface area contributed by atoms with Crippen molar-refractivity contribution in [1.29, 1.82) is 0 Å². The molecule has 1 N–H and O–H groups in total. The first-order valence-corrected chi connectivity index (χ1v) is 10.9. The molecule has 0 saturated carbocycles. The van der Waals surface area contributed by atoms with Crippen molar-refractivity contribution < 1.29 is 14.0 Å². The van der Waals surface area contributed by atoms with Gasteiger partial charge in [0.25, 0.3) is 5.91 Å². The van der Waals surface area contributed by atoms with Crippen molar-refractivity contribution >= 4 is 23.4 Å². The molecule has 4 rings (SSSR count). The van der Waals surface area contributed by atoms with Crippen LogP contribution in [0.2, 0.25) is 5.02 Å². The van der Waals surface area contributed by atoms with Gasteiger partial charge in [-0.3, -0.25) is 9.59 Å². The molecule has 2 aliphatic heterocycles. The molecule has 163 valence electrons. The zero-order valence-electron chi connectivity index (χ0n) is 17.3. The molecule has 5 nitrogen and oxygen atoms in total. The molecule has 2 unspecified atom stereocenters. The minimum atomic E-state index is -0.574. The summed E-state index contributed by atoms with van der Waals surface area (Å²) in [6.07, 6.45) is 0.790. The SMILES string of the molecule is [CH2]C(=O)N[C@@H](CCN1CC2CN(C(=O)c3c(F)cccc3Cl)CC2C1)c1ccccc1. The fraction of sp³-hybridized carbons (Fsp3) is 0.375. The summed E-state index contributed by atoms with van der Waals surface area (Å²) < 4.78 is 14.1. The van der Waals surface area contributed by atoms with E-state index in [9.17, 15) is 14.0 Å². The van der Waals surface area contributed by atoms with Crippen molar-refractivity contribution in [3.63, 3.8) is 0 Å². The Kier molecular flexibility index (Phi) is 6.58. The second-order valence-corrected chi connectivity index (χ2v) is 8.81. The highest BCUT2D eigenvalue weighted by Gasteiger charge is 2.42. The summed E-state index contributed by atoms with van der Waals surface area (Å²) in [5.41, 5.74) is 1.04. The van der Waals surface area contributed by atoms with Crippen molar-refractivity contribution in [2.24, 2.45) is 11.8 Å². The summed E-state index contributed by atoms with van der Waals surface area (Å²) in [4.78, 5) is 28.5. The third-order valence-corrected chi connectivity index (χ3v) is 6.61. The Morgan fingerprint density at radius 3 is 2.35 bits per heavy atom. The summed E-state index contributed by atoms with van der Waals surface area (Å²) in [7, 11) is 0. The lowest BCUT2D eigenvalue weighted by atomic mass is 10.0. The van der Waals surface area contributed by atoms with Crippen LogP contribution >= 0.6 is 11.6 Å². The van der Waals surface area contributed by atoms with Gasteiger partial charge in [-0.2, -0.15) is 0 Å². The minimum Gasteiger partial charge on any atom is -0.349 e. The van der Waals surface area contributed by atoms with Crippen LogP contribution in [0.1, 0.15) is 28.4 Å². The van der Waals surface area contributed by atoms with Crippen LogP contribution < -0.4 is 5.32 Å². The van der Waals surface area contributed by atoms with Crippen molar-refractivity contribution in [2.75, 3.05) is 32.7 Å². The highest BCUT2D eigenvalue weighted by molar-refractivity contribution is 6.33. The summed E-state index contributed by atoms with van der Waals surface area (Å²) in [5.74, 6) is -0.450. The highest BCUT2D eigenvalue weighted by atomic mass is 35.5. The maximum absolute atomic E-state index is 14.1. The molecule has 2 aromatic carbocycles. The molecule has 7 heteroatoms. The number of fused-ring (bicyclic) bond motifs is 1. The van der Waals surface area contributed by atoms with Crippen molar-refractivity contribution in [3.8, 4) is 0 Å². The Bertz CT molecular complexity index is 921. The average molecular weight is 443 g/mol. The smallest absolute Gasteiger partial charge is 0.258 e. The molecule has 0 aliphatic carbocycles. The van der Waals surface area contributed by atoms with Crippen LogP contribution in [0.15, 0.2) is 48.5 Å². The third kappa shape index (κ3) is 4.91. The molecule has 2 saturated heterocycles. The average Bonchev–Trinajstić information content (AvgIpc) is 3.30. The number of amides is 2. The number of hydrogen-bond acceptors (Lipinski definition) is 3. The fourth-order valence-corrected chi connectivity index (χ4v) is 5.06. The molecule has 0 aromatic heterocycles. The lowest BCUT2D eigenvalue weighted by Crippen LogP contribution is -2.35. The summed E-state index contributed by atoms with van der Waals surface area (Å²) in [6.45, 7) is 7.31. The highest BCUT2D eigenvalue weighted by Crippen LogP contribution is 2.33. The Labute approximate surface area is 187 Å². The van der Waals surface area contributed by atoms with E-state index in [1.165, 1.54) is 12.1 Å². The van der Waals surface area contributed by atoms with Gasteiger partial charge in [0.1, 0.15) is 5.82 Å². The summed E-state index contributed by atoms with van der Waals surface area (Å²) >= 11 is 6.07. The van der Waals surface area contributed by atoms with Crippen LogP contribution in [0.25, 0.3) is 0 Å². The van der Waals surface area contributed by atoms with E-state index in [0.717, 1.165) is 31.6 Å². The van der Waals surface area contributed by atoms with Crippen LogP contribution in [0.5, 0.6) is 0 Å². The van der Waals surface area contributed by atoms with E-state index in [0.29, 0.717) is 24.9 Å². The largest absolute Gasteiger partial charge is 0.349 e. The van der Waals surface area contributed by atoms with Gasteiger partial charge in [0.2, 0.25) is 5.91 Å². The van der Waals surface area contributed by atoms with Gasteiger partial charge in [-0.05, 0) is 36.0 Å². The van der Waals surface area contributed by atoms with Gasteiger partial charge in [-0.15, -0.1) is 0 Å². The maximum Gasteiger partial charge on any atom is 0.258 e. The molecule has 31 heavy (non-hydrogen) atoms. The van der Waals surface area contributed by atoms with E-state index in [1.807, 2.05) is 30.3 Å². The lowest BCUT2D eigenvalue weighted by Gasteiger charge is -2.24. The number of likely N-dealkylation sites (tertiary alicyclic amines) is 2. The van der Waals surface area contributed by atoms with Gasteiger partial charge in [-0.25, -0.2) is 4.39 Å².